The number of carbonyl (C=O) groups is 1. The molecule has 1 aliphatic rings. The Morgan fingerprint density at radius 1 is 1.17 bits per heavy atom. The molecule has 0 spiro atoms. The van der Waals surface area contributed by atoms with Crippen LogP contribution in [0.1, 0.15) is 18.6 Å². The van der Waals surface area contributed by atoms with Gasteiger partial charge in [0.05, 0.1) is 16.8 Å². The van der Waals surface area contributed by atoms with Gasteiger partial charge >= 0.3 is 6.03 Å². The Bertz CT molecular complexity index is 839. The molecule has 2 heterocycles. The summed E-state index contributed by atoms with van der Waals surface area (Å²) >= 11 is 0. The minimum atomic E-state index is -3.51. The summed E-state index contributed by atoms with van der Waals surface area (Å²) in [5.74, 6) is 0.593. The van der Waals surface area contributed by atoms with Gasteiger partial charge < -0.3 is 15.1 Å². The molecule has 24 heavy (non-hydrogen) atoms. The average Bonchev–Trinajstić information content (AvgIpc) is 3.20. The predicted molar refractivity (Wildman–Crippen MR) is 90.5 cm³/mol. The fourth-order valence-corrected chi connectivity index (χ4v) is 4.17. The minimum Gasteiger partial charge on any atom is -0.467 e. The Morgan fingerprint density at radius 3 is 2.58 bits per heavy atom. The maximum absolute atomic E-state index is 12.6. The zero-order valence-electron chi connectivity index (χ0n) is 13.3. The Balaban J connectivity index is 1.73. The first-order valence-electron chi connectivity index (χ1n) is 7.69. The van der Waals surface area contributed by atoms with Gasteiger partial charge in [-0.3, -0.25) is 0 Å². The third kappa shape index (κ3) is 3.44. The average molecular weight is 349 g/mol. The van der Waals surface area contributed by atoms with E-state index in [4.69, 9.17) is 4.42 Å². The van der Waals surface area contributed by atoms with Crippen molar-refractivity contribution in [1.29, 1.82) is 0 Å². The molecular weight excluding hydrogens is 330 g/mol. The molecule has 3 rings (SSSR count). The molecule has 1 aliphatic heterocycles. The van der Waals surface area contributed by atoms with Crippen molar-refractivity contribution in [2.75, 3.05) is 23.7 Å². The first-order chi connectivity index (χ1) is 11.5. The topological polar surface area (TPSA) is 91.6 Å². The number of urea groups is 1. The van der Waals surface area contributed by atoms with Crippen LogP contribution in [0, 0.1) is 6.92 Å². The highest BCUT2D eigenvalue weighted by atomic mass is 32.2. The summed E-state index contributed by atoms with van der Waals surface area (Å²) in [5.41, 5.74) is 0.974. The van der Waals surface area contributed by atoms with Gasteiger partial charge in [0.15, 0.2) is 0 Å². The summed E-state index contributed by atoms with van der Waals surface area (Å²) in [6.07, 6.45) is 3.24. The lowest BCUT2D eigenvalue weighted by Crippen LogP contribution is -2.28. The summed E-state index contributed by atoms with van der Waals surface area (Å²) < 4.78 is 31.7. The van der Waals surface area contributed by atoms with Crippen molar-refractivity contribution >= 4 is 27.4 Å². The van der Waals surface area contributed by atoms with Crippen molar-refractivity contribution in [1.82, 2.24) is 4.31 Å². The molecule has 1 saturated heterocycles. The number of rotatable bonds is 4. The fraction of sp³-hybridized carbons (Fsp3) is 0.312. The molecule has 2 amide bonds. The molecule has 2 N–H and O–H groups in total. The lowest BCUT2D eigenvalue weighted by molar-refractivity contribution is 0.262. The predicted octanol–water partition coefficient (Wildman–Crippen LogP) is 3.02. The number of nitrogens with one attached hydrogen (secondary N) is 2. The van der Waals surface area contributed by atoms with Crippen molar-refractivity contribution < 1.29 is 17.6 Å². The number of anilines is 2. The maximum Gasteiger partial charge on any atom is 0.323 e. The SMILES string of the molecule is Cc1occc1NC(=O)Nc1cccc(S(=O)(=O)N2CCCC2)c1. The summed E-state index contributed by atoms with van der Waals surface area (Å²) in [4.78, 5) is 12.2. The first kappa shape index (κ1) is 16.5. The number of amides is 2. The van der Waals surface area contributed by atoms with E-state index >= 15 is 0 Å². The van der Waals surface area contributed by atoms with Crippen molar-refractivity contribution in [2.24, 2.45) is 0 Å². The molecule has 0 saturated carbocycles. The van der Waals surface area contributed by atoms with Crippen molar-refractivity contribution in [3.8, 4) is 0 Å². The first-order valence-corrected chi connectivity index (χ1v) is 9.13. The Hall–Kier alpha value is -2.32. The van der Waals surface area contributed by atoms with Crippen LogP contribution in [0.4, 0.5) is 16.2 Å². The zero-order chi connectivity index (χ0) is 17.2. The van der Waals surface area contributed by atoms with Crippen LogP contribution < -0.4 is 10.6 Å². The highest BCUT2D eigenvalue weighted by molar-refractivity contribution is 7.89. The number of hydrogen-bond donors (Lipinski definition) is 2. The van der Waals surface area contributed by atoms with Gasteiger partial charge in [0, 0.05) is 24.8 Å². The van der Waals surface area contributed by atoms with Gasteiger partial charge in [-0.2, -0.15) is 4.31 Å². The van der Waals surface area contributed by atoms with E-state index in [1.165, 1.54) is 22.7 Å². The van der Waals surface area contributed by atoms with Crippen molar-refractivity contribution in [3.63, 3.8) is 0 Å². The van der Waals surface area contributed by atoms with Crippen LogP contribution in [0.15, 0.2) is 45.9 Å². The van der Waals surface area contributed by atoms with E-state index in [9.17, 15) is 13.2 Å². The number of nitrogens with zero attached hydrogens (tertiary/aromatic N) is 1. The molecular formula is C16H19N3O4S. The molecule has 0 aliphatic carbocycles. The largest absolute Gasteiger partial charge is 0.467 e. The van der Waals surface area contributed by atoms with Crippen LogP contribution in [0.25, 0.3) is 0 Å². The maximum atomic E-state index is 12.6. The van der Waals surface area contributed by atoms with Gasteiger partial charge in [0.2, 0.25) is 10.0 Å². The standard InChI is InChI=1S/C16H19N3O4S/c1-12-15(7-10-23-12)18-16(20)17-13-5-4-6-14(11-13)24(21,22)19-8-2-3-9-19/h4-7,10-11H,2-3,8-9H2,1H3,(H2,17,18,20). The molecule has 8 heteroatoms. The summed E-state index contributed by atoms with van der Waals surface area (Å²) in [5, 5.41) is 5.28. The number of hydrogen-bond acceptors (Lipinski definition) is 4. The molecule has 0 radical (unpaired) electrons. The Labute approximate surface area is 140 Å². The zero-order valence-corrected chi connectivity index (χ0v) is 14.1. The van der Waals surface area contributed by atoms with Gasteiger partial charge in [-0.15, -0.1) is 0 Å². The minimum absolute atomic E-state index is 0.182. The van der Waals surface area contributed by atoms with Crippen LogP contribution in [-0.2, 0) is 10.0 Å². The molecule has 0 atom stereocenters. The Morgan fingerprint density at radius 2 is 1.92 bits per heavy atom. The van der Waals surface area contributed by atoms with Gasteiger partial charge in [-0.05, 0) is 38.0 Å². The second kappa shape index (κ2) is 6.66. The van der Waals surface area contributed by atoms with Crippen LogP contribution in [0.5, 0.6) is 0 Å². The van der Waals surface area contributed by atoms with Crippen molar-refractivity contribution in [3.05, 3.63) is 42.4 Å². The molecule has 0 unspecified atom stereocenters. The normalized spacial score (nSPS) is 15.4. The van der Waals surface area contributed by atoms with Crippen LogP contribution in [0.2, 0.25) is 0 Å². The van der Waals surface area contributed by atoms with E-state index in [0.717, 1.165) is 12.8 Å². The highest BCUT2D eigenvalue weighted by Gasteiger charge is 2.27. The third-order valence-electron chi connectivity index (χ3n) is 3.90. The van der Waals surface area contributed by atoms with E-state index in [-0.39, 0.29) is 4.90 Å². The second-order valence-electron chi connectivity index (χ2n) is 5.61. The van der Waals surface area contributed by atoms with Gasteiger partial charge in [0.1, 0.15) is 5.76 Å². The van der Waals surface area contributed by atoms with E-state index in [1.807, 2.05) is 0 Å². The molecule has 1 fully saturated rings. The Kier molecular flexibility index (Phi) is 4.59. The van der Waals surface area contributed by atoms with E-state index in [2.05, 4.69) is 10.6 Å². The van der Waals surface area contributed by atoms with E-state index < -0.39 is 16.1 Å². The van der Waals surface area contributed by atoms with Crippen molar-refractivity contribution in [2.45, 2.75) is 24.7 Å². The van der Waals surface area contributed by atoms with Crippen LogP contribution in [-0.4, -0.2) is 31.8 Å². The lowest BCUT2D eigenvalue weighted by Gasteiger charge is -2.16. The number of carbonyl (C=O) groups excluding carboxylic acids is 1. The number of benzene rings is 1. The number of furan rings is 1. The van der Waals surface area contributed by atoms with E-state index in [1.54, 1.807) is 25.1 Å². The second-order valence-corrected chi connectivity index (χ2v) is 7.55. The summed E-state index contributed by atoms with van der Waals surface area (Å²) in [6, 6.07) is 7.44. The number of aryl methyl sites for hydroxylation is 1. The molecule has 1 aromatic heterocycles. The summed E-state index contributed by atoms with van der Waals surface area (Å²) in [7, 11) is -3.51. The molecule has 128 valence electrons. The number of sulfonamides is 1. The molecule has 2 aromatic rings. The van der Waals surface area contributed by atoms with E-state index in [0.29, 0.717) is 30.2 Å². The smallest absolute Gasteiger partial charge is 0.323 e. The van der Waals surface area contributed by atoms with Gasteiger partial charge in [-0.1, -0.05) is 6.07 Å². The molecule has 7 nitrogen and oxygen atoms in total. The quantitative estimate of drug-likeness (QED) is 0.887. The summed E-state index contributed by atoms with van der Waals surface area (Å²) in [6.45, 7) is 2.82. The molecule has 1 aromatic carbocycles. The van der Waals surface area contributed by atoms with Crippen LogP contribution in [0.3, 0.4) is 0 Å². The third-order valence-corrected chi connectivity index (χ3v) is 5.80. The highest BCUT2D eigenvalue weighted by Crippen LogP contribution is 2.23. The monoisotopic (exact) mass is 349 g/mol. The fourth-order valence-electron chi connectivity index (χ4n) is 2.61. The van der Waals surface area contributed by atoms with Gasteiger partial charge in [-0.25, -0.2) is 13.2 Å². The lowest BCUT2D eigenvalue weighted by atomic mass is 10.3. The van der Waals surface area contributed by atoms with Crippen LogP contribution >= 0.6 is 0 Å². The van der Waals surface area contributed by atoms with Gasteiger partial charge in [0.25, 0.3) is 0 Å². The molecule has 0 bridgehead atoms.